The first-order chi connectivity index (χ1) is 8.90. The van der Waals surface area contributed by atoms with Gasteiger partial charge in [0.15, 0.2) is 0 Å². The molecule has 4 N–H and O–H groups in total. The van der Waals surface area contributed by atoms with Crippen molar-refractivity contribution < 1.29 is 19.5 Å². The van der Waals surface area contributed by atoms with Crippen LogP contribution in [-0.4, -0.2) is 59.9 Å². The van der Waals surface area contributed by atoms with Gasteiger partial charge in [-0.15, -0.1) is 0 Å². The molecule has 1 atom stereocenters. The van der Waals surface area contributed by atoms with E-state index in [1.165, 1.54) is 0 Å². The molecule has 1 amide bonds. The van der Waals surface area contributed by atoms with Crippen molar-refractivity contribution >= 4 is 17.7 Å². The van der Waals surface area contributed by atoms with Gasteiger partial charge in [0, 0.05) is 12.5 Å². The SMILES string of the molecule is CC(=O)CN1CCC(C(=O)NC[C@H](N)C(=O)O)CC1. The molecule has 0 bridgehead atoms. The Bertz CT molecular complexity index is 351. The monoisotopic (exact) mass is 271 g/mol. The molecule has 0 aliphatic carbocycles. The number of carboxylic acids is 1. The first-order valence-corrected chi connectivity index (χ1v) is 6.38. The van der Waals surface area contributed by atoms with E-state index >= 15 is 0 Å². The molecule has 0 spiro atoms. The van der Waals surface area contributed by atoms with Gasteiger partial charge in [-0.1, -0.05) is 0 Å². The molecule has 19 heavy (non-hydrogen) atoms. The lowest BCUT2D eigenvalue weighted by Gasteiger charge is -2.30. The van der Waals surface area contributed by atoms with E-state index in [-0.39, 0.29) is 24.2 Å². The highest BCUT2D eigenvalue weighted by Gasteiger charge is 2.25. The highest BCUT2D eigenvalue weighted by Crippen LogP contribution is 2.16. The van der Waals surface area contributed by atoms with Gasteiger partial charge >= 0.3 is 5.97 Å². The van der Waals surface area contributed by atoms with Crippen molar-refractivity contribution in [1.82, 2.24) is 10.2 Å². The van der Waals surface area contributed by atoms with Crippen molar-refractivity contribution in [3.8, 4) is 0 Å². The quantitative estimate of drug-likeness (QED) is 0.560. The van der Waals surface area contributed by atoms with Crippen molar-refractivity contribution in [2.24, 2.45) is 11.7 Å². The van der Waals surface area contributed by atoms with Crippen LogP contribution in [0.3, 0.4) is 0 Å². The second-order valence-electron chi connectivity index (χ2n) is 4.94. The van der Waals surface area contributed by atoms with E-state index in [0.717, 1.165) is 0 Å². The lowest BCUT2D eigenvalue weighted by atomic mass is 9.95. The van der Waals surface area contributed by atoms with Crippen LogP contribution in [-0.2, 0) is 14.4 Å². The molecule has 7 nitrogen and oxygen atoms in total. The molecule has 0 aromatic carbocycles. The molecule has 1 aliphatic heterocycles. The molecule has 1 saturated heterocycles. The van der Waals surface area contributed by atoms with Crippen molar-refractivity contribution in [3.63, 3.8) is 0 Å². The van der Waals surface area contributed by atoms with Gasteiger partial charge in [0.1, 0.15) is 11.8 Å². The van der Waals surface area contributed by atoms with Gasteiger partial charge in [-0.2, -0.15) is 0 Å². The average Bonchev–Trinajstić information content (AvgIpc) is 2.35. The molecule has 0 aromatic rings. The van der Waals surface area contributed by atoms with Crippen LogP contribution in [0.25, 0.3) is 0 Å². The number of carbonyl (C=O) groups is 3. The van der Waals surface area contributed by atoms with E-state index in [0.29, 0.717) is 32.5 Å². The number of ketones is 1. The van der Waals surface area contributed by atoms with Crippen molar-refractivity contribution in [2.45, 2.75) is 25.8 Å². The number of nitrogens with zero attached hydrogens (tertiary/aromatic N) is 1. The molecule has 1 aliphatic rings. The number of carbonyl (C=O) groups excluding carboxylic acids is 2. The number of piperidine rings is 1. The minimum absolute atomic E-state index is 0.0537. The molecule has 1 heterocycles. The van der Waals surface area contributed by atoms with Crippen LogP contribution in [0.4, 0.5) is 0 Å². The lowest BCUT2D eigenvalue weighted by molar-refractivity contribution is -0.138. The summed E-state index contributed by atoms with van der Waals surface area (Å²) in [6.07, 6.45) is 1.36. The minimum Gasteiger partial charge on any atom is -0.480 e. The summed E-state index contributed by atoms with van der Waals surface area (Å²) in [5.74, 6) is -1.28. The maximum atomic E-state index is 11.8. The molecule has 108 valence electrons. The predicted octanol–water partition coefficient (Wildman–Crippen LogP) is -1.18. The van der Waals surface area contributed by atoms with Gasteiger partial charge in [0.2, 0.25) is 5.91 Å². The van der Waals surface area contributed by atoms with E-state index in [1.54, 1.807) is 6.92 Å². The Morgan fingerprint density at radius 3 is 2.42 bits per heavy atom. The Hall–Kier alpha value is -1.47. The molecule has 1 fully saturated rings. The molecular weight excluding hydrogens is 250 g/mol. The minimum atomic E-state index is -1.13. The summed E-state index contributed by atoms with van der Waals surface area (Å²) in [5, 5.41) is 11.2. The molecule has 0 unspecified atom stereocenters. The molecule has 7 heteroatoms. The lowest BCUT2D eigenvalue weighted by Crippen LogP contribution is -2.46. The molecule has 0 aromatic heterocycles. The summed E-state index contributed by atoms with van der Waals surface area (Å²) in [5.41, 5.74) is 5.31. The number of hydrogen-bond donors (Lipinski definition) is 3. The predicted molar refractivity (Wildman–Crippen MR) is 68.5 cm³/mol. The molecule has 1 rings (SSSR count). The second kappa shape index (κ2) is 7.20. The Balaban J connectivity index is 2.29. The van der Waals surface area contributed by atoms with Crippen molar-refractivity contribution in [2.75, 3.05) is 26.2 Å². The fourth-order valence-corrected chi connectivity index (χ4v) is 2.11. The summed E-state index contributed by atoms with van der Waals surface area (Å²) in [4.78, 5) is 35.3. The van der Waals surface area contributed by atoms with Crippen LogP contribution in [0.15, 0.2) is 0 Å². The second-order valence-corrected chi connectivity index (χ2v) is 4.94. The van der Waals surface area contributed by atoms with Crippen LogP contribution in [0.5, 0.6) is 0 Å². The zero-order valence-corrected chi connectivity index (χ0v) is 11.1. The van der Waals surface area contributed by atoms with E-state index in [1.807, 2.05) is 4.90 Å². The normalized spacial score (nSPS) is 18.8. The van der Waals surface area contributed by atoms with Gasteiger partial charge in [0.05, 0.1) is 6.54 Å². The Kier molecular flexibility index (Phi) is 5.91. The van der Waals surface area contributed by atoms with Crippen LogP contribution < -0.4 is 11.1 Å². The van der Waals surface area contributed by atoms with E-state index in [4.69, 9.17) is 10.8 Å². The third-order valence-electron chi connectivity index (χ3n) is 3.22. The van der Waals surface area contributed by atoms with Gasteiger partial charge < -0.3 is 16.2 Å². The number of hydrogen-bond acceptors (Lipinski definition) is 5. The van der Waals surface area contributed by atoms with Crippen molar-refractivity contribution in [3.05, 3.63) is 0 Å². The summed E-state index contributed by atoms with van der Waals surface area (Å²) >= 11 is 0. The van der Waals surface area contributed by atoms with E-state index in [2.05, 4.69) is 5.32 Å². The highest BCUT2D eigenvalue weighted by molar-refractivity contribution is 5.80. The van der Waals surface area contributed by atoms with Crippen molar-refractivity contribution in [1.29, 1.82) is 0 Å². The zero-order chi connectivity index (χ0) is 14.4. The highest BCUT2D eigenvalue weighted by atomic mass is 16.4. The maximum Gasteiger partial charge on any atom is 0.322 e. The van der Waals surface area contributed by atoms with Crippen LogP contribution in [0, 0.1) is 5.92 Å². The smallest absolute Gasteiger partial charge is 0.322 e. The first-order valence-electron chi connectivity index (χ1n) is 6.38. The third kappa shape index (κ3) is 5.35. The molecule has 0 radical (unpaired) electrons. The topological polar surface area (TPSA) is 113 Å². The number of nitrogens with two attached hydrogens (primary N) is 1. The van der Waals surface area contributed by atoms with Gasteiger partial charge in [-0.05, 0) is 32.9 Å². The fourth-order valence-electron chi connectivity index (χ4n) is 2.11. The average molecular weight is 271 g/mol. The summed E-state index contributed by atoms with van der Waals surface area (Å²) < 4.78 is 0. The Morgan fingerprint density at radius 1 is 1.37 bits per heavy atom. The first kappa shape index (κ1) is 15.6. The number of nitrogens with one attached hydrogen (secondary N) is 1. The zero-order valence-electron chi connectivity index (χ0n) is 11.1. The molecule has 0 saturated carbocycles. The number of likely N-dealkylation sites (tertiary alicyclic amines) is 1. The number of amides is 1. The number of carboxylic acid groups (broad SMARTS) is 1. The van der Waals surface area contributed by atoms with Crippen LogP contribution >= 0.6 is 0 Å². The third-order valence-corrected chi connectivity index (χ3v) is 3.22. The standard InChI is InChI=1S/C12H21N3O4/c1-8(16)7-15-4-2-9(3-5-15)11(17)14-6-10(13)12(18)19/h9-10H,2-7,13H2,1H3,(H,14,17)(H,18,19)/t10-/m0/s1. The Morgan fingerprint density at radius 2 is 1.95 bits per heavy atom. The number of aliphatic carboxylic acids is 1. The van der Waals surface area contributed by atoms with E-state index in [9.17, 15) is 14.4 Å². The summed E-state index contributed by atoms with van der Waals surface area (Å²) in [7, 11) is 0. The summed E-state index contributed by atoms with van der Waals surface area (Å²) in [6.45, 7) is 3.34. The largest absolute Gasteiger partial charge is 0.480 e. The van der Waals surface area contributed by atoms with Gasteiger partial charge in [-0.25, -0.2) is 0 Å². The van der Waals surface area contributed by atoms with Gasteiger partial charge in [-0.3, -0.25) is 19.3 Å². The summed E-state index contributed by atoms with van der Waals surface area (Å²) in [6, 6.07) is -1.07. The number of rotatable bonds is 6. The number of Topliss-reactive ketones (excluding diaryl/α,β-unsaturated/α-hetero) is 1. The Labute approximate surface area is 112 Å². The van der Waals surface area contributed by atoms with Gasteiger partial charge in [0.25, 0.3) is 0 Å². The molecular formula is C12H21N3O4. The van der Waals surface area contributed by atoms with Crippen LogP contribution in [0.1, 0.15) is 19.8 Å². The van der Waals surface area contributed by atoms with E-state index < -0.39 is 12.0 Å². The maximum absolute atomic E-state index is 11.8. The van der Waals surface area contributed by atoms with Crippen LogP contribution in [0.2, 0.25) is 0 Å². The fraction of sp³-hybridized carbons (Fsp3) is 0.750.